The number of nitrogens with two attached hydrogens (primary N) is 1. The molecular formula is C19H32N4OS. The molecule has 1 amide bonds. The van der Waals surface area contributed by atoms with Crippen molar-refractivity contribution in [2.24, 2.45) is 5.14 Å². The van der Waals surface area contributed by atoms with Crippen LogP contribution < -0.4 is 10.5 Å². The van der Waals surface area contributed by atoms with E-state index in [9.17, 15) is 4.79 Å². The molecule has 2 heterocycles. The first kappa shape index (κ1) is 20.2. The Bertz CT molecular complexity index is 532. The molecule has 1 aliphatic carbocycles. The van der Waals surface area contributed by atoms with Crippen molar-refractivity contribution in [3.8, 4) is 0 Å². The molecule has 0 aromatic carbocycles. The van der Waals surface area contributed by atoms with Crippen molar-refractivity contribution in [2.45, 2.75) is 82.3 Å². The molecule has 140 valence electrons. The topological polar surface area (TPSA) is 71.2 Å². The summed E-state index contributed by atoms with van der Waals surface area (Å²) in [6.07, 6.45) is 11.5. The van der Waals surface area contributed by atoms with Crippen LogP contribution in [0.3, 0.4) is 0 Å². The highest BCUT2D eigenvalue weighted by atomic mass is 32.2. The lowest BCUT2D eigenvalue weighted by molar-refractivity contribution is -0.121. The van der Waals surface area contributed by atoms with E-state index in [2.05, 4.69) is 15.2 Å². The highest BCUT2D eigenvalue weighted by molar-refractivity contribution is 7.97. The van der Waals surface area contributed by atoms with Crippen LogP contribution in [0.5, 0.6) is 0 Å². The zero-order valence-electron chi connectivity index (χ0n) is 15.5. The molecule has 1 saturated carbocycles. The summed E-state index contributed by atoms with van der Waals surface area (Å²) in [6, 6.07) is 4.25. The van der Waals surface area contributed by atoms with Gasteiger partial charge >= 0.3 is 0 Å². The molecule has 5 nitrogen and oxygen atoms in total. The number of hydrogen-bond donors (Lipinski definition) is 2. The molecule has 3 N–H and O–H groups in total. The van der Waals surface area contributed by atoms with Crippen molar-refractivity contribution in [1.29, 1.82) is 0 Å². The van der Waals surface area contributed by atoms with E-state index >= 15 is 0 Å². The molecule has 3 rings (SSSR count). The Morgan fingerprint density at radius 1 is 1.20 bits per heavy atom. The zero-order valence-corrected chi connectivity index (χ0v) is 16.4. The molecular weight excluding hydrogens is 332 g/mol. The van der Waals surface area contributed by atoms with E-state index in [0.29, 0.717) is 6.04 Å². The monoisotopic (exact) mass is 364 g/mol. The van der Waals surface area contributed by atoms with Gasteiger partial charge < -0.3 is 5.32 Å². The number of rotatable bonds is 4. The highest BCUT2D eigenvalue weighted by Gasteiger charge is 2.35. The Morgan fingerprint density at radius 3 is 2.60 bits per heavy atom. The van der Waals surface area contributed by atoms with E-state index in [1.165, 1.54) is 38.5 Å². The van der Waals surface area contributed by atoms with Gasteiger partial charge in [0, 0.05) is 17.9 Å². The first-order chi connectivity index (χ1) is 12.3. The molecule has 0 radical (unpaired) electrons. The van der Waals surface area contributed by atoms with Crippen LogP contribution in [0.4, 0.5) is 5.69 Å². The molecule has 0 spiro atoms. The third-order valence-electron chi connectivity index (χ3n) is 5.01. The van der Waals surface area contributed by atoms with Gasteiger partial charge in [-0.3, -0.25) is 14.8 Å². The second-order valence-corrected chi connectivity index (χ2v) is 7.19. The van der Waals surface area contributed by atoms with Crippen LogP contribution in [0.2, 0.25) is 0 Å². The summed E-state index contributed by atoms with van der Waals surface area (Å²) in [4.78, 5) is 19.3. The van der Waals surface area contributed by atoms with Gasteiger partial charge in [-0.05, 0) is 56.3 Å². The smallest absolute Gasteiger partial charge is 0.241 e. The zero-order chi connectivity index (χ0) is 18.1. The fraction of sp³-hybridized carbons (Fsp3) is 0.684. The van der Waals surface area contributed by atoms with Crippen LogP contribution in [0, 0.1) is 0 Å². The third-order valence-corrected chi connectivity index (χ3v) is 5.48. The predicted molar refractivity (Wildman–Crippen MR) is 105 cm³/mol. The van der Waals surface area contributed by atoms with Gasteiger partial charge in [0.2, 0.25) is 5.91 Å². The van der Waals surface area contributed by atoms with Crippen LogP contribution in [0.1, 0.15) is 65.2 Å². The van der Waals surface area contributed by atoms with Crippen LogP contribution in [0.15, 0.2) is 23.4 Å². The van der Waals surface area contributed by atoms with E-state index in [1.807, 2.05) is 26.0 Å². The maximum Gasteiger partial charge on any atom is 0.241 e. The van der Waals surface area contributed by atoms with Crippen molar-refractivity contribution in [3.63, 3.8) is 0 Å². The number of nitrogens with one attached hydrogen (secondary N) is 1. The van der Waals surface area contributed by atoms with E-state index in [0.717, 1.165) is 42.0 Å². The Labute approximate surface area is 156 Å². The molecule has 2 aliphatic rings. The maximum atomic E-state index is 12.7. The van der Waals surface area contributed by atoms with Gasteiger partial charge in [0.25, 0.3) is 0 Å². The summed E-state index contributed by atoms with van der Waals surface area (Å²) in [6.45, 7) is 5.06. The minimum Gasteiger partial charge on any atom is -0.325 e. The molecule has 1 aromatic rings. The van der Waals surface area contributed by atoms with E-state index < -0.39 is 0 Å². The van der Waals surface area contributed by atoms with Crippen molar-refractivity contribution >= 4 is 23.5 Å². The molecule has 0 unspecified atom stereocenters. The summed E-state index contributed by atoms with van der Waals surface area (Å²) >= 11 is 1.10. The number of amides is 1. The number of pyridine rings is 1. The Balaban J connectivity index is 0.00000109. The number of carbonyl (C=O) groups excluding carboxylic acids is 1. The molecule has 2 fully saturated rings. The second-order valence-electron chi connectivity index (χ2n) is 6.53. The van der Waals surface area contributed by atoms with E-state index in [-0.39, 0.29) is 11.9 Å². The van der Waals surface area contributed by atoms with Crippen molar-refractivity contribution in [1.82, 2.24) is 9.88 Å². The first-order valence-corrected chi connectivity index (χ1v) is 10.6. The van der Waals surface area contributed by atoms with Gasteiger partial charge in [-0.25, -0.2) is 4.98 Å². The molecule has 1 aliphatic heterocycles. The normalized spacial score (nSPS) is 22.0. The Hall–Kier alpha value is -1.11. The molecule has 0 bridgehead atoms. The highest BCUT2D eigenvalue weighted by Crippen LogP contribution is 2.29. The lowest BCUT2D eigenvalue weighted by Gasteiger charge is -2.31. The van der Waals surface area contributed by atoms with E-state index in [4.69, 9.17) is 5.14 Å². The number of hydrogen-bond acceptors (Lipinski definition) is 5. The fourth-order valence-electron chi connectivity index (χ4n) is 3.87. The van der Waals surface area contributed by atoms with Crippen LogP contribution in [-0.2, 0) is 4.79 Å². The average molecular weight is 365 g/mol. The predicted octanol–water partition coefficient (Wildman–Crippen LogP) is 4.20. The molecule has 1 aromatic heterocycles. The second kappa shape index (κ2) is 10.8. The van der Waals surface area contributed by atoms with E-state index in [1.54, 1.807) is 6.20 Å². The van der Waals surface area contributed by atoms with Crippen molar-refractivity contribution < 1.29 is 4.79 Å². The summed E-state index contributed by atoms with van der Waals surface area (Å²) in [5.74, 6) is 0.117. The van der Waals surface area contributed by atoms with Crippen LogP contribution in [-0.4, -0.2) is 34.4 Å². The standard InChI is InChI=1S/C17H26N4OS.C2H6/c18-23-16-12-13(9-10-19-16)20-17(22)15-8-5-11-21(15)14-6-3-1-2-4-7-14;1-2/h9-10,12,14-15H,1-8,11,18H2,(H,19,20,22);1-2H3/t15-;/m0./s1. The molecule has 1 atom stereocenters. The first-order valence-electron chi connectivity index (χ1n) is 9.67. The minimum atomic E-state index is 0.0141. The number of anilines is 1. The summed E-state index contributed by atoms with van der Waals surface area (Å²) < 4.78 is 0. The lowest BCUT2D eigenvalue weighted by Crippen LogP contribution is -2.45. The fourth-order valence-corrected chi connectivity index (χ4v) is 4.19. The minimum absolute atomic E-state index is 0.0141. The van der Waals surface area contributed by atoms with Gasteiger partial charge in [0.05, 0.1) is 6.04 Å². The van der Waals surface area contributed by atoms with Gasteiger partial charge in [-0.1, -0.05) is 39.5 Å². The molecule has 1 saturated heterocycles. The lowest BCUT2D eigenvalue weighted by atomic mass is 10.1. The number of likely N-dealkylation sites (tertiary alicyclic amines) is 1. The molecule has 6 heteroatoms. The van der Waals surface area contributed by atoms with Gasteiger partial charge in [0.15, 0.2) is 0 Å². The summed E-state index contributed by atoms with van der Waals surface area (Å²) in [5, 5.41) is 9.31. The van der Waals surface area contributed by atoms with Gasteiger partial charge in [-0.15, -0.1) is 0 Å². The SMILES string of the molecule is CC.NSc1cc(NC(=O)[C@@H]2CCCN2C2CCCCCC2)ccn1. The third kappa shape index (κ3) is 5.69. The average Bonchev–Trinajstić information content (AvgIpc) is 2.99. The largest absolute Gasteiger partial charge is 0.325 e. The summed E-state index contributed by atoms with van der Waals surface area (Å²) in [7, 11) is 0. The Kier molecular flexibility index (Phi) is 8.72. The van der Waals surface area contributed by atoms with Crippen LogP contribution in [0.25, 0.3) is 0 Å². The van der Waals surface area contributed by atoms with Gasteiger partial charge in [-0.2, -0.15) is 0 Å². The number of nitrogens with zero attached hydrogens (tertiary/aromatic N) is 2. The number of aromatic nitrogens is 1. The van der Waals surface area contributed by atoms with Gasteiger partial charge in [0.1, 0.15) is 5.03 Å². The molecule has 25 heavy (non-hydrogen) atoms. The van der Waals surface area contributed by atoms with Crippen molar-refractivity contribution in [2.75, 3.05) is 11.9 Å². The Morgan fingerprint density at radius 2 is 1.92 bits per heavy atom. The van der Waals surface area contributed by atoms with Crippen LogP contribution >= 0.6 is 11.9 Å². The van der Waals surface area contributed by atoms with Crippen molar-refractivity contribution in [3.05, 3.63) is 18.3 Å². The summed E-state index contributed by atoms with van der Waals surface area (Å²) in [5.41, 5.74) is 0.783. The number of carbonyl (C=O) groups is 1. The maximum absolute atomic E-state index is 12.7. The quantitative estimate of drug-likeness (QED) is 0.619.